The minimum Gasteiger partial charge on any atom is -0.309 e. The molecule has 1 atom stereocenters. The number of aromatic nitrogens is 1. The van der Waals surface area contributed by atoms with Gasteiger partial charge in [-0.1, -0.05) is 46.3 Å². The number of nitrogens with one attached hydrogen (secondary N) is 1. The molecule has 0 spiro atoms. The number of rotatable bonds is 3. The molecular formula is C17H14BrFN2. The lowest BCUT2D eigenvalue weighted by atomic mass is 9.95. The van der Waals surface area contributed by atoms with E-state index in [4.69, 9.17) is 0 Å². The summed E-state index contributed by atoms with van der Waals surface area (Å²) in [6.45, 7) is 0. The highest BCUT2D eigenvalue weighted by Crippen LogP contribution is 2.30. The van der Waals surface area contributed by atoms with Gasteiger partial charge in [-0.15, -0.1) is 0 Å². The summed E-state index contributed by atoms with van der Waals surface area (Å²) in [6.07, 6.45) is 3.62. The highest BCUT2D eigenvalue weighted by Gasteiger charge is 2.18. The van der Waals surface area contributed by atoms with Gasteiger partial charge in [0.05, 0.1) is 6.04 Å². The van der Waals surface area contributed by atoms with Crippen molar-refractivity contribution < 1.29 is 4.39 Å². The van der Waals surface area contributed by atoms with Crippen molar-refractivity contribution in [3.63, 3.8) is 0 Å². The summed E-state index contributed by atoms with van der Waals surface area (Å²) in [7, 11) is 1.83. The number of benzene rings is 2. The number of pyridine rings is 1. The van der Waals surface area contributed by atoms with Crippen molar-refractivity contribution in [3.8, 4) is 0 Å². The summed E-state index contributed by atoms with van der Waals surface area (Å²) in [5.74, 6) is -0.239. The van der Waals surface area contributed by atoms with Crippen LogP contribution in [0.25, 0.3) is 10.8 Å². The second kappa shape index (κ2) is 5.92. The van der Waals surface area contributed by atoms with Gasteiger partial charge in [-0.2, -0.15) is 0 Å². The molecule has 0 bridgehead atoms. The smallest absolute Gasteiger partial charge is 0.129 e. The van der Waals surface area contributed by atoms with Gasteiger partial charge >= 0.3 is 0 Å². The monoisotopic (exact) mass is 344 g/mol. The molecule has 21 heavy (non-hydrogen) atoms. The quantitative estimate of drug-likeness (QED) is 0.759. The van der Waals surface area contributed by atoms with Gasteiger partial charge in [0.15, 0.2) is 0 Å². The Labute approximate surface area is 131 Å². The zero-order valence-electron chi connectivity index (χ0n) is 11.5. The molecule has 0 aliphatic heterocycles. The van der Waals surface area contributed by atoms with Crippen LogP contribution in [0.1, 0.15) is 17.2 Å². The van der Waals surface area contributed by atoms with E-state index in [2.05, 4.69) is 26.2 Å². The highest BCUT2D eigenvalue weighted by atomic mass is 79.9. The minimum absolute atomic E-state index is 0.239. The van der Waals surface area contributed by atoms with Crippen molar-refractivity contribution in [2.45, 2.75) is 6.04 Å². The molecule has 0 aliphatic carbocycles. The molecule has 4 heteroatoms. The number of hydrogen-bond donors (Lipinski definition) is 1. The van der Waals surface area contributed by atoms with Crippen molar-refractivity contribution in [3.05, 3.63) is 76.3 Å². The van der Waals surface area contributed by atoms with Crippen molar-refractivity contribution in [1.29, 1.82) is 0 Å². The molecular weight excluding hydrogens is 331 g/mol. The molecule has 0 fully saturated rings. The Morgan fingerprint density at radius 3 is 2.67 bits per heavy atom. The van der Waals surface area contributed by atoms with Gasteiger partial charge in [0.1, 0.15) is 5.82 Å². The first-order valence-electron chi connectivity index (χ1n) is 6.65. The van der Waals surface area contributed by atoms with E-state index in [0.29, 0.717) is 5.56 Å². The standard InChI is InChI=1S/C17H14BrFN2/c1-20-17(14-7-6-12(18)8-16(14)19)15-10-21-9-11-4-2-3-5-13(11)15/h2-10,17,20H,1H3. The molecule has 0 saturated heterocycles. The number of fused-ring (bicyclic) bond motifs is 1. The molecule has 0 saturated carbocycles. The molecule has 1 N–H and O–H groups in total. The van der Waals surface area contributed by atoms with Crippen molar-refractivity contribution >= 4 is 26.7 Å². The van der Waals surface area contributed by atoms with Crippen LogP contribution < -0.4 is 5.32 Å². The number of nitrogens with zero attached hydrogens (tertiary/aromatic N) is 1. The maximum Gasteiger partial charge on any atom is 0.129 e. The summed E-state index contributed by atoms with van der Waals surface area (Å²) in [4.78, 5) is 4.28. The molecule has 3 aromatic rings. The first kappa shape index (κ1) is 14.2. The second-order valence-electron chi connectivity index (χ2n) is 4.84. The van der Waals surface area contributed by atoms with E-state index in [1.807, 2.05) is 43.6 Å². The van der Waals surface area contributed by atoms with Crippen LogP contribution in [0.4, 0.5) is 4.39 Å². The van der Waals surface area contributed by atoms with Crippen LogP contribution in [-0.4, -0.2) is 12.0 Å². The van der Waals surface area contributed by atoms with Crippen LogP contribution in [0.2, 0.25) is 0 Å². The first-order valence-corrected chi connectivity index (χ1v) is 7.45. The van der Waals surface area contributed by atoms with Gasteiger partial charge in [-0.25, -0.2) is 4.39 Å². The van der Waals surface area contributed by atoms with E-state index in [9.17, 15) is 4.39 Å². The topological polar surface area (TPSA) is 24.9 Å². The predicted octanol–water partition coefficient (Wildman–Crippen LogP) is 4.45. The van der Waals surface area contributed by atoms with E-state index in [1.165, 1.54) is 6.07 Å². The summed E-state index contributed by atoms with van der Waals surface area (Å²) < 4.78 is 15.0. The van der Waals surface area contributed by atoms with Crippen LogP contribution in [0.15, 0.2) is 59.3 Å². The molecule has 2 aromatic carbocycles. The summed E-state index contributed by atoms with van der Waals surface area (Å²) >= 11 is 3.29. The Bertz CT molecular complexity index is 783. The largest absolute Gasteiger partial charge is 0.309 e. The van der Waals surface area contributed by atoms with Crippen LogP contribution >= 0.6 is 15.9 Å². The van der Waals surface area contributed by atoms with Crippen LogP contribution in [0, 0.1) is 5.82 Å². The molecule has 1 heterocycles. The Morgan fingerprint density at radius 2 is 1.90 bits per heavy atom. The maximum atomic E-state index is 14.3. The molecule has 2 nitrogen and oxygen atoms in total. The average Bonchev–Trinajstić information content (AvgIpc) is 2.50. The lowest BCUT2D eigenvalue weighted by Crippen LogP contribution is -2.19. The zero-order chi connectivity index (χ0) is 14.8. The Kier molecular flexibility index (Phi) is 3.99. The van der Waals surface area contributed by atoms with Gasteiger partial charge in [0, 0.05) is 27.8 Å². The van der Waals surface area contributed by atoms with Crippen molar-refractivity contribution in [2.75, 3.05) is 7.05 Å². The second-order valence-corrected chi connectivity index (χ2v) is 5.75. The van der Waals surface area contributed by atoms with E-state index in [1.54, 1.807) is 12.3 Å². The van der Waals surface area contributed by atoms with Crippen molar-refractivity contribution in [2.24, 2.45) is 0 Å². The predicted molar refractivity (Wildman–Crippen MR) is 86.7 cm³/mol. The lowest BCUT2D eigenvalue weighted by Gasteiger charge is -2.19. The fourth-order valence-corrected chi connectivity index (χ4v) is 2.92. The highest BCUT2D eigenvalue weighted by molar-refractivity contribution is 9.10. The molecule has 0 amide bonds. The van der Waals surface area contributed by atoms with Crippen LogP contribution in [0.5, 0.6) is 0 Å². The minimum atomic E-state index is -0.239. The molecule has 106 valence electrons. The summed E-state index contributed by atoms with van der Waals surface area (Å²) in [5.41, 5.74) is 1.58. The maximum absolute atomic E-state index is 14.3. The van der Waals surface area contributed by atoms with E-state index >= 15 is 0 Å². The third kappa shape index (κ3) is 2.69. The lowest BCUT2D eigenvalue weighted by molar-refractivity contribution is 0.576. The Hall–Kier alpha value is -1.78. The van der Waals surface area contributed by atoms with Crippen molar-refractivity contribution in [1.82, 2.24) is 10.3 Å². The van der Waals surface area contributed by atoms with Gasteiger partial charge in [-0.3, -0.25) is 4.98 Å². The summed E-state index contributed by atoms with van der Waals surface area (Å²) in [6, 6.07) is 12.9. The Balaban J connectivity index is 2.18. The van der Waals surface area contributed by atoms with Gasteiger partial charge < -0.3 is 5.32 Å². The van der Waals surface area contributed by atoms with Crippen LogP contribution in [0.3, 0.4) is 0 Å². The fraction of sp³-hybridized carbons (Fsp3) is 0.118. The van der Waals surface area contributed by atoms with E-state index in [-0.39, 0.29) is 11.9 Å². The SMILES string of the molecule is CNC(c1ccc(Br)cc1F)c1cncc2ccccc12. The molecule has 0 radical (unpaired) electrons. The van der Waals surface area contributed by atoms with E-state index in [0.717, 1.165) is 20.8 Å². The molecule has 3 rings (SSSR count). The molecule has 0 aliphatic rings. The zero-order valence-corrected chi connectivity index (χ0v) is 13.1. The van der Waals surface area contributed by atoms with Gasteiger partial charge in [0.2, 0.25) is 0 Å². The number of halogens is 2. The normalized spacial score (nSPS) is 12.5. The fourth-order valence-electron chi connectivity index (χ4n) is 2.58. The first-order chi connectivity index (χ1) is 10.2. The van der Waals surface area contributed by atoms with Crippen LogP contribution in [-0.2, 0) is 0 Å². The van der Waals surface area contributed by atoms with Gasteiger partial charge in [-0.05, 0) is 30.1 Å². The molecule has 1 aromatic heterocycles. The third-order valence-corrected chi connectivity index (χ3v) is 4.07. The average molecular weight is 345 g/mol. The Morgan fingerprint density at radius 1 is 1.10 bits per heavy atom. The molecule has 1 unspecified atom stereocenters. The van der Waals surface area contributed by atoms with Gasteiger partial charge in [0.25, 0.3) is 0 Å². The third-order valence-electron chi connectivity index (χ3n) is 3.57. The number of hydrogen-bond acceptors (Lipinski definition) is 2. The summed E-state index contributed by atoms with van der Waals surface area (Å²) in [5, 5.41) is 5.32. The van der Waals surface area contributed by atoms with E-state index < -0.39 is 0 Å².